The van der Waals surface area contributed by atoms with Gasteiger partial charge in [-0.15, -0.1) is 0 Å². The summed E-state index contributed by atoms with van der Waals surface area (Å²) < 4.78 is 0. The van der Waals surface area contributed by atoms with Crippen LogP contribution in [0.5, 0.6) is 5.75 Å². The van der Waals surface area contributed by atoms with Gasteiger partial charge in [0.1, 0.15) is 5.75 Å². The second-order valence-electron chi connectivity index (χ2n) is 6.90. The Bertz CT molecular complexity index is 1150. The Balaban J connectivity index is 1.46. The summed E-state index contributed by atoms with van der Waals surface area (Å²) in [5.41, 5.74) is 5.42. The number of aromatic hydroxyl groups is 1. The van der Waals surface area contributed by atoms with Crippen molar-refractivity contribution in [3.63, 3.8) is 0 Å². The van der Waals surface area contributed by atoms with Gasteiger partial charge in [-0.05, 0) is 46.5 Å². The smallest absolute Gasteiger partial charge is 0.335 e. The fraction of sp³-hybridized carbons (Fsp3) is 0.0400. The van der Waals surface area contributed by atoms with Crippen LogP contribution >= 0.6 is 0 Å². The zero-order chi connectivity index (χ0) is 20.4. The highest BCUT2D eigenvalue weighted by molar-refractivity contribution is 6.13. The lowest BCUT2D eigenvalue weighted by molar-refractivity contribution is 0.0696. The Morgan fingerprint density at radius 2 is 1.55 bits per heavy atom. The number of carboxylic acid groups (broad SMARTS) is 1. The van der Waals surface area contributed by atoms with E-state index in [2.05, 4.69) is 0 Å². The van der Waals surface area contributed by atoms with Gasteiger partial charge in [0.15, 0.2) is 5.78 Å². The lowest BCUT2D eigenvalue weighted by Gasteiger charge is -2.03. The molecule has 0 spiro atoms. The van der Waals surface area contributed by atoms with Crippen molar-refractivity contribution in [2.75, 3.05) is 0 Å². The minimum absolute atomic E-state index is 0.0410. The van der Waals surface area contributed by atoms with Gasteiger partial charge in [0.2, 0.25) is 0 Å². The molecule has 1 aliphatic rings. The van der Waals surface area contributed by atoms with Crippen LogP contribution in [0.1, 0.15) is 31.8 Å². The van der Waals surface area contributed by atoms with Crippen molar-refractivity contribution in [2.45, 2.75) is 6.42 Å². The van der Waals surface area contributed by atoms with E-state index in [0.717, 1.165) is 22.3 Å². The number of rotatable bonds is 4. The van der Waals surface area contributed by atoms with Crippen molar-refractivity contribution in [3.05, 3.63) is 107 Å². The topological polar surface area (TPSA) is 74.6 Å². The molecule has 142 valence electrons. The lowest BCUT2D eigenvalue weighted by Crippen LogP contribution is -1.94. The molecule has 0 radical (unpaired) electrons. The number of phenolic OH excluding ortho intramolecular Hbond substituents is 1. The molecule has 3 aromatic carbocycles. The number of ketones is 1. The third-order valence-electron chi connectivity index (χ3n) is 4.97. The van der Waals surface area contributed by atoms with E-state index < -0.39 is 5.97 Å². The highest BCUT2D eigenvalue weighted by Crippen LogP contribution is 2.29. The number of Topliss-reactive ketones (excluding diaryl/α,β-unsaturated/α-hetero) is 1. The van der Waals surface area contributed by atoms with Crippen molar-refractivity contribution in [1.29, 1.82) is 0 Å². The van der Waals surface area contributed by atoms with Crippen LogP contribution in [-0.2, 0) is 6.42 Å². The zero-order valence-corrected chi connectivity index (χ0v) is 15.5. The maximum atomic E-state index is 12.4. The molecule has 29 heavy (non-hydrogen) atoms. The zero-order valence-electron chi connectivity index (χ0n) is 15.5. The van der Waals surface area contributed by atoms with E-state index in [4.69, 9.17) is 5.11 Å². The molecule has 4 heteroatoms. The van der Waals surface area contributed by atoms with Crippen LogP contribution in [0.25, 0.3) is 17.2 Å². The van der Waals surface area contributed by atoms with Crippen molar-refractivity contribution in [2.24, 2.45) is 0 Å². The molecule has 3 aromatic rings. The summed E-state index contributed by atoms with van der Waals surface area (Å²) in [6, 6.07) is 19.6. The molecule has 0 amide bonds. The van der Waals surface area contributed by atoms with E-state index in [9.17, 15) is 14.7 Å². The SMILES string of the molecule is O=C(O)c1ccc(-c2ccc(/C=C/C=C3Cc4ccc(O)cc4C3=O)cc2)cc1. The van der Waals surface area contributed by atoms with Gasteiger partial charge in [0, 0.05) is 17.6 Å². The summed E-state index contributed by atoms with van der Waals surface area (Å²) in [5, 5.41) is 18.5. The molecule has 4 nitrogen and oxygen atoms in total. The number of phenols is 1. The molecule has 0 saturated heterocycles. The first kappa shape index (κ1) is 18.4. The van der Waals surface area contributed by atoms with E-state index in [-0.39, 0.29) is 17.1 Å². The van der Waals surface area contributed by atoms with Gasteiger partial charge in [-0.2, -0.15) is 0 Å². The first-order chi connectivity index (χ1) is 14.0. The van der Waals surface area contributed by atoms with Crippen LogP contribution in [0.15, 0.2) is 84.5 Å². The number of aromatic carboxylic acids is 1. The van der Waals surface area contributed by atoms with Crippen LogP contribution in [0.2, 0.25) is 0 Å². The Kier molecular flexibility index (Phi) is 4.83. The molecule has 1 aliphatic carbocycles. The number of hydrogen-bond donors (Lipinski definition) is 2. The minimum atomic E-state index is -0.938. The molecule has 0 unspecified atom stereocenters. The van der Waals surface area contributed by atoms with Gasteiger partial charge in [-0.3, -0.25) is 4.79 Å². The predicted molar refractivity (Wildman–Crippen MR) is 112 cm³/mol. The number of carbonyl (C=O) groups is 2. The van der Waals surface area contributed by atoms with Crippen molar-refractivity contribution < 1.29 is 19.8 Å². The van der Waals surface area contributed by atoms with Gasteiger partial charge in [-0.25, -0.2) is 4.79 Å². The number of carbonyl (C=O) groups excluding carboxylic acids is 1. The van der Waals surface area contributed by atoms with Gasteiger partial charge in [0.25, 0.3) is 0 Å². The quantitative estimate of drug-likeness (QED) is 0.613. The molecule has 2 N–H and O–H groups in total. The number of fused-ring (bicyclic) bond motifs is 1. The van der Waals surface area contributed by atoms with Crippen molar-refractivity contribution in [3.8, 4) is 16.9 Å². The molecule has 0 heterocycles. The van der Waals surface area contributed by atoms with Crippen LogP contribution < -0.4 is 0 Å². The second kappa shape index (κ2) is 7.60. The average molecular weight is 382 g/mol. The molecule has 0 aromatic heterocycles. The van der Waals surface area contributed by atoms with E-state index >= 15 is 0 Å². The highest BCUT2D eigenvalue weighted by atomic mass is 16.4. The molecular formula is C25H18O4. The number of benzene rings is 3. The van der Waals surface area contributed by atoms with Crippen molar-refractivity contribution in [1.82, 2.24) is 0 Å². The lowest BCUT2D eigenvalue weighted by atomic mass is 10.0. The average Bonchev–Trinajstić information content (AvgIpc) is 3.04. The van der Waals surface area contributed by atoms with Gasteiger partial charge in [-0.1, -0.05) is 60.7 Å². The number of allylic oxidation sites excluding steroid dienone is 3. The fourth-order valence-corrected chi connectivity index (χ4v) is 3.39. The standard InChI is InChI=1S/C25H18O4/c26-22-13-12-20-14-21(24(27)23(20)15-22)3-1-2-16-4-6-17(7-5-16)18-8-10-19(11-9-18)25(28)29/h1-13,15,26H,14H2,(H,28,29)/b2-1+,21-3?. The Morgan fingerprint density at radius 3 is 2.21 bits per heavy atom. The van der Waals surface area contributed by atoms with Gasteiger partial charge in [0.05, 0.1) is 5.56 Å². The van der Waals surface area contributed by atoms with Crippen molar-refractivity contribution >= 4 is 17.8 Å². The third kappa shape index (κ3) is 3.87. The van der Waals surface area contributed by atoms with E-state index in [1.165, 1.54) is 6.07 Å². The number of hydrogen-bond acceptors (Lipinski definition) is 3. The summed E-state index contributed by atoms with van der Waals surface area (Å²) in [5.74, 6) is -0.876. The van der Waals surface area contributed by atoms with Crippen LogP contribution in [0.3, 0.4) is 0 Å². The fourth-order valence-electron chi connectivity index (χ4n) is 3.39. The Hall–Kier alpha value is -3.92. The molecule has 0 atom stereocenters. The minimum Gasteiger partial charge on any atom is -0.508 e. The highest BCUT2D eigenvalue weighted by Gasteiger charge is 2.24. The first-order valence-corrected chi connectivity index (χ1v) is 9.19. The van der Waals surface area contributed by atoms with Gasteiger partial charge >= 0.3 is 5.97 Å². The molecule has 0 saturated carbocycles. The third-order valence-corrected chi connectivity index (χ3v) is 4.97. The maximum absolute atomic E-state index is 12.4. The largest absolute Gasteiger partial charge is 0.508 e. The van der Waals surface area contributed by atoms with Crippen LogP contribution in [0, 0.1) is 0 Å². The summed E-state index contributed by atoms with van der Waals surface area (Å²) in [6.07, 6.45) is 6.18. The predicted octanol–water partition coefficient (Wildman–Crippen LogP) is 5.14. The maximum Gasteiger partial charge on any atom is 0.335 e. The molecule has 0 bridgehead atoms. The molecule has 4 rings (SSSR count). The Morgan fingerprint density at radius 1 is 0.897 bits per heavy atom. The normalized spacial score (nSPS) is 14.5. The first-order valence-electron chi connectivity index (χ1n) is 9.19. The summed E-state index contributed by atoms with van der Waals surface area (Å²) in [7, 11) is 0. The summed E-state index contributed by atoms with van der Waals surface area (Å²) >= 11 is 0. The van der Waals surface area contributed by atoms with Crippen LogP contribution in [0.4, 0.5) is 0 Å². The molecule has 0 fully saturated rings. The van der Waals surface area contributed by atoms with E-state index in [1.807, 2.05) is 42.5 Å². The van der Waals surface area contributed by atoms with Crippen LogP contribution in [-0.4, -0.2) is 22.0 Å². The monoisotopic (exact) mass is 382 g/mol. The number of carboxylic acids is 1. The summed E-state index contributed by atoms with van der Waals surface area (Å²) in [4.78, 5) is 23.4. The second-order valence-corrected chi connectivity index (χ2v) is 6.90. The Labute approximate surface area is 168 Å². The molecular weight excluding hydrogens is 364 g/mol. The van der Waals surface area contributed by atoms with E-state index in [0.29, 0.717) is 17.6 Å². The van der Waals surface area contributed by atoms with E-state index in [1.54, 1.807) is 36.4 Å². The summed E-state index contributed by atoms with van der Waals surface area (Å²) in [6.45, 7) is 0. The van der Waals surface area contributed by atoms with Gasteiger partial charge < -0.3 is 10.2 Å². The molecule has 0 aliphatic heterocycles.